The summed E-state index contributed by atoms with van der Waals surface area (Å²) in [6.07, 6.45) is 0. The molecule has 48 heavy (non-hydrogen) atoms. The van der Waals surface area contributed by atoms with Crippen molar-refractivity contribution in [3.8, 4) is 33.8 Å². The average molecular weight is 624 g/mol. The molecule has 0 N–H and O–H groups in total. The van der Waals surface area contributed by atoms with Gasteiger partial charge in [0.05, 0.1) is 23.5 Å². The number of anilines is 3. The average Bonchev–Trinajstić information content (AvgIpc) is 3.74. The number of benzene rings is 7. The number of ether oxygens (including phenoxy) is 1. The SMILES string of the molecule is [2H]c1c([2H])c([2H])c(N(c2ccc(Oc3ccccc3)cc2)c2ccc(-c3cccc4c3oc3c(-c5ccccc5)c5ccccc5n34)cc2)c([2H])c1[2H]. The predicted molar refractivity (Wildman–Crippen MR) is 197 cm³/mol. The number of rotatable bonds is 7. The van der Waals surface area contributed by atoms with E-state index in [0.29, 0.717) is 22.9 Å². The molecule has 2 heterocycles. The van der Waals surface area contributed by atoms with Crippen LogP contribution in [0.25, 0.3) is 50.0 Å². The van der Waals surface area contributed by atoms with E-state index in [4.69, 9.17) is 16.0 Å². The Morgan fingerprint density at radius 1 is 0.521 bits per heavy atom. The Labute approximate surface area is 285 Å². The molecule has 0 aliphatic rings. The van der Waals surface area contributed by atoms with Crippen molar-refractivity contribution in [3.05, 3.63) is 182 Å². The van der Waals surface area contributed by atoms with Crippen LogP contribution in [0.3, 0.4) is 0 Å². The van der Waals surface area contributed by atoms with Crippen molar-refractivity contribution in [1.29, 1.82) is 0 Å². The molecule has 0 atom stereocenters. The first-order chi connectivity index (χ1) is 25.9. The van der Waals surface area contributed by atoms with Crippen LogP contribution in [0.5, 0.6) is 11.5 Å². The number of aromatic nitrogens is 1. The number of para-hydroxylation sites is 4. The molecule has 0 unspecified atom stereocenters. The molecule has 9 rings (SSSR count). The Morgan fingerprint density at radius 3 is 1.90 bits per heavy atom. The molecule has 0 aliphatic carbocycles. The second-order valence-corrected chi connectivity index (χ2v) is 11.4. The van der Waals surface area contributed by atoms with Crippen molar-refractivity contribution in [2.45, 2.75) is 0 Å². The Kier molecular flexibility index (Phi) is 5.58. The molecule has 0 amide bonds. The van der Waals surface area contributed by atoms with Crippen LogP contribution in [0.2, 0.25) is 0 Å². The smallest absolute Gasteiger partial charge is 0.213 e. The summed E-state index contributed by atoms with van der Waals surface area (Å²) in [6, 6.07) is 47.2. The van der Waals surface area contributed by atoms with Gasteiger partial charge in [0.1, 0.15) is 11.5 Å². The maximum atomic E-state index is 8.84. The molecule has 0 fully saturated rings. The molecule has 4 heteroatoms. The molecular weight excluding hydrogens is 588 g/mol. The van der Waals surface area contributed by atoms with E-state index in [1.807, 2.05) is 109 Å². The standard InChI is InChI=1S/C44H30N2O2/c1-4-13-32(14-5-1)42-39-19-10-11-21-40(39)46-41-22-12-20-38(43(41)48-44(42)46)31-23-25-34(26-24-31)45(33-15-6-2-7-16-33)35-27-29-37(30-28-35)47-36-17-8-3-9-18-36/h1-30H/i2D,6D,7D,15D,16D. The minimum atomic E-state index is -0.447. The van der Waals surface area contributed by atoms with Crippen molar-refractivity contribution >= 4 is 44.8 Å². The third-order valence-electron chi connectivity index (χ3n) is 8.55. The highest BCUT2D eigenvalue weighted by molar-refractivity contribution is 6.08. The topological polar surface area (TPSA) is 30.0 Å². The van der Waals surface area contributed by atoms with E-state index in [-0.39, 0.29) is 17.8 Å². The Morgan fingerprint density at radius 2 is 1.15 bits per heavy atom. The fourth-order valence-corrected chi connectivity index (χ4v) is 6.41. The van der Waals surface area contributed by atoms with Gasteiger partial charge in [0, 0.05) is 28.0 Å². The van der Waals surface area contributed by atoms with Crippen molar-refractivity contribution < 1.29 is 16.0 Å². The molecule has 0 spiro atoms. The van der Waals surface area contributed by atoms with Gasteiger partial charge in [-0.25, -0.2) is 0 Å². The van der Waals surface area contributed by atoms with Crippen LogP contribution < -0.4 is 9.64 Å². The maximum Gasteiger partial charge on any atom is 0.213 e. The molecule has 0 aliphatic heterocycles. The zero-order chi connectivity index (χ0) is 36.2. The van der Waals surface area contributed by atoms with Gasteiger partial charge in [-0.15, -0.1) is 0 Å². The van der Waals surface area contributed by atoms with E-state index in [1.54, 1.807) is 17.0 Å². The van der Waals surface area contributed by atoms with Gasteiger partial charge in [-0.1, -0.05) is 109 Å². The summed E-state index contributed by atoms with van der Waals surface area (Å²) in [5, 5.41) is 1.11. The monoisotopic (exact) mass is 623 g/mol. The summed E-state index contributed by atoms with van der Waals surface area (Å²) in [7, 11) is 0. The zero-order valence-corrected chi connectivity index (χ0v) is 25.6. The first-order valence-corrected chi connectivity index (χ1v) is 15.7. The lowest BCUT2D eigenvalue weighted by atomic mass is 10.0. The lowest BCUT2D eigenvalue weighted by molar-refractivity contribution is 0.483. The van der Waals surface area contributed by atoms with E-state index in [1.165, 1.54) is 0 Å². The lowest BCUT2D eigenvalue weighted by Gasteiger charge is -2.25. The quantitative estimate of drug-likeness (QED) is 0.177. The summed E-state index contributed by atoms with van der Waals surface area (Å²) in [5.74, 6) is 1.29. The van der Waals surface area contributed by atoms with Crippen molar-refractivity contribution in [2.24, 2.45) is 0 Å². The van der Waals surface area contributed by atoms with Crippen molar-refractivity contribution in [2.75, 3.05) is 4.90 Å². The number of hydrogen-bond donors (Lipinski definition) is 0. The normalized spacial score (nSPS) is 12.8. The molecule has 0 bridgehead atoms. The summed E-state index contributed by atoms with van der Waals surface area (Å²) in [6.45, 7) is 0. The highest BCUT2D eigenvalue weighted by Gasteiger charge is 2.21. The highest BCUT2D eigenvalue weighted by atomic mass is 16.5. The zero-order valence-electron chi connectivity index (χ0n) is 30.6. The number of nitrogens with zero attached hydrogens (tertiary/aromatic N) is 2. The van der Waals surface area contributed by atoms with Crippen molar-refractivity contribution in [1.82, 2.24) is 4.40 Å². The minimum absolute atomic E-state index is 0.0454. The molecule has 9 aromatic rings. The molecule has 0 saturated heterocycles. The summed E-state index contributed by atoms with van der Waals surface area (Å²) >= 11 is 0. The summed E-state index contributed by atoms with van der Waals surface area (Å²) in [5.41, 5.74) is 8.67. The van der Waals surface area contributed by atoms with E-state index in [0.717, 1.165) is 50.0 Å². The van der Waals surface area contributed by atoms with Gasteiger partial charge >= 0.3 is 0 Å². The second-order valence-electron chi connectivity index (χ2n) is 11.4. The minimum Gasteiger partial charge on any atom is -0.457 e. The maximum absolute atomic E-state index is 8.84. The number of fused-ring (bicyclic) bond motifs is 5. The largest absolute Gasteiger partial charge is 0.457 e. The van der Waals surface area contributed by atoms with E-state index < -0.39 is 18.1 Å². The first-order valence-electron chi connectivity index (χ1n) is 18.2. The van der Waals surface area contributed by atoms with Gasteiger partial charge in [-0.2, -0.15) is 0 Å². The molecule has 0 radical (unpaired) electrons. The van der Waals surface area contributed by atoms with Gasteiger partial charge in [0.15, 0.2) is 5.58 Å². The number of oxazole rings is 1. The fraction of sp³-hybridized carbons (Fsp3) is 0. The molecule has 7 aromatic carbocycles. The highest BCUT2D eigenvalue weighted by Crippen LogP contribution is 2.42. The van der Waals surface area contributed by atoms with Crippen LogP contribution in [0.15, 0.2) is 186 Å². The lowest BCUT2D eigenvalue weighted by Crippen LogP contribution is -2.09. The molecule has 228 valence electrons. The molecule has 2 aromatic heterocycles. The fourth-order valence-electron chi connectivity index (χ4n) is 6.41. The van der Waals surface area contributed by atoms with E-state index >= 15 is 0 Å². The van der Waals surface area contributed by atoms with E-state index in [2.05, 4.69) is 34.7 Å². The van der Waals surface area contributed by atoms with E-state index in [9.17, 15) is 0 Å². The van der Waals surface area contributed by atoms with Crippen LogP contribution in [0.4, 0.5) is 17.1 Å². The van der Waals surface area contributed by atoms with Gasteiger partial charge in [-0.3, -0.25) is 4.40 Å². The Hall–Kier alpha value is -6.52. The Bertz CT molecular complexity index is 2770. The van der Waals surface area contributed by atoms with Gasteiger partial charge < -0.3 is 14.1 Å². The third kappa shape index (κ3) is 4.79. The van der Waals surface area contributed by atoms with Crippen LogP contribution in [-0.4, -0.2) is 4.40 Å². The summed E-state index contributed by atoms with van der Waals surface area (Å²) in [4.78, 5) is 1.69. The van der Waals surface area contributed by atoms with Crippen molar-refractivity contribution in [3.63, 3.8) is 0 Å². The van der Waals surface area contributed by atoms with Crippen LogP contribution >= 0.6 is 0 Å². The molecular formula is C44H30N2O2. The Balaban J connectivity index is 1.17. The summed E-state index contributed by atoms with van der Waals surface area (Å²) < 4.78 is 57.7. The predicted octanol–water partition coefficient (Wildman–Crippen LogP) is 12.4. The van der Waals surface area contributed by atoms with Gasteiger partial charge in [0.2, 0.25) is 5.71 Å². The van der Waals surface area contributed by atoms with Crippen LogP contribution in [0.1, 0.15) is 6.85 Å². The number of hydrogen-bond acceptors (Lipinski definition) is 3. The van der Waals surface area contributed by atoms with Crippen LogP contribution in [0, 0.1) is 0 Å². The first kappa shape index (κ1) is 22.9. The van der Waals surface area contributed by atoms with Crippen LogP contribution in [-0.2, 0) is 0 Å². The molecule has 0 saturated carbocycles. The van der Waals surface area contributed by atoms with Gasteiger partial charge in [0.25, 0.3) is 0 Å². The second kappa shape index (κ2) is 11.7. The molecule has 4 nitrogen and oxygen atoms in total. The third-order valence-corrected chi connectivity index (χ3v) is 8.55. The van der Waals surface area contributed by atoms with Gasteiger partial charge in [-0.05, 0) is 83.9 Å².